The van der Waals surface area contributed by atoms with Crippen LogP contribution in [0.15, 0.2) is 24.3 Å². The quantitative estimate of drug-likeness (QED) is 0.188. The normalized spacial score (nSPS) is 10.8. The van der Waals surface area contributed by atoms with E-state index >= 15 is 0 Å². The van der Waals surface area contributed by atoms with Crippen molar-refractivity contribution < 1.29 is 29.3 Å². The minimum atomic E-state index is -0.870. The fourth-order valence-electron chi connectivity index (χ4n) is 3.62. The molecule has 2 N–H and O–H groups in total. The van der Waals surface area contributed by atoms with E-state index in [2.05, 4.69) is 0 Å². The second-order valence-corrected chi connectivity index (χ2v) is 8.38. The van der Waals surface area contributed by atoms with Gasteiger partial charge in [0.05, 0.1) is 19.6 Å². The Bertz CT molecular complexity index is 616. The second kappa shape index (κ2) is 19.4. The number of hydrogen-bond acceptors (Lipinski definition) is 4. The molecule has 0 amide bonds. The fraction of sp³-hybridized carbons (Fsp3) is 0.692. The van der Waals surface area contributed by atoms with Crippen LogP contribution in [0.1, 0.15) is 103 Å². The summed E-state index contributed by atoms with van der Waals surface area (Å²) < 4.78 is 11.3. The van der Waals surface area contributed by atoms with E-state index in [0.29, 0.717) is 24.5 Å². The molecule has 182 valence electrons. The number of carbonyl (C=O) groups is 2. The van der Waals surface area contributed by atoms with Crippen LogP contribution < -0.4 is 9.47 Å². The highest BCUT2D eigenvalue weighted by Gasteiger charge is 2.05. The Morgan fingerprint density at radius 1 is 0.531 bits per heavy atom. The van der Waals surface area contributed by atoms with Gasteiger partial charge >= 0.3 is 11.9 Å². The molecule has 6 nitrogen and oxygen atoms in total. The molecule has 1 aromatic carbocycles. The van der Waals surface area contributed by atoms with Crippen LogP contribution in [0.3, 0.4) is 0 Å². The number of para-hydroxylation sites is 2. The van der Waals surface area contributed by atoms with Gasteiger partial charge in [-0.05, 0) is 25.0 Å². The minimum absolute atomic E-state index is 0.0233. The summed E-state index contributed by atoms with van der Waals surface area (Å²) in [5.41, 5.74) is 0. The zero-order chi connectivity index (χ0) is 23.3. The number of carboxylic acid groups (broad SMARTS) is 2. The average Bonchev–Trinajstić information content (AvgIpc) is 2.76. The maximum Gasteiger partial charge on any atom is 0.306 e. The fourth-order valence-corrected chi connectivity index (χ4v) is 3.62. The summed E-state index contributed by atoms with van der Waals surface area (Å²) in [6.07, 6.45) is 17.1. The molecule has 1 rings (SSSR count). The summed E-state index contributed by atoms with van der Waals surface area (Å²) >= 11 is 0. The first-order valence-electron chi connectivity index (χ1n) is 12.4. The van der Waals surface area contributed by atoms with Crippen molar-refractivity contribution in [1.82, 2.24) is 0 Å². The van der Waals surface area contributed by atoms with Gasteiger partial charge in [0.15, 0.2) is 11.5 Å². The van der Waals surface area contributed by atoms with Gasteiger partial charge in [-0.25, -0.2) is 0 Å². The van der Waals surface area contributed by atoms with Crippen LogP contribution in [0.2, 0.25) is 0 Å². The number of ether oxygens (including phenoxy) is 2. The van der Waals surface area contributed by atoms with Gasteiger partial charge < -0.3 is 19.7 Å². The third kappa shape index (κ3) is 16.5. The third-order valence-corrected chi connectivity index (χ3v) is 5.47. The van der Waals surface area contributed by atoms with Crippen molar-refractivity contribution in [2.45, 2.75) is 103 Å². The van der Waals surface area contributed by atoms with E-state index in [-0.39, 0.29) is 13.0 Å². The van der Waals surface area contributed by atoms with Crippen molar-refractivity contribution in [3.8, 4) is 11.5 Å². The highest BCUT2D eigenvalue weighted by molar-refractivity contribution is 5.67. The van der Waals surface area contributed by atoms with Gasteiger partial charge in [0.25, 0.3) is 0 Å². The van der Waals surface area contributed by atoms with E-state index in [1.54, 1.807) is 6.07 Å². The standard InChI is InChI=1S/C26H42O6/c27-25(28)19-13-11-9-7-5-3-1-2-4-6-8-10-12-16-21-31-23-17-14-15-18-24(23)32-22-20-26(29)30/h14-15,17-18H,1-13,16,19-22H2,(H,27,28)(H,29,30). The van der Waals surface area contributed by atoms with E-state index in [1.807, 2.05) is 18.2 Å². The molecule has 0 unspecified atom stereocenters. The zero-order valence-electron chi connectivity index (χ0n) is 19.6. The smallest absolute Gasteiger partial charge is 0.306 e. The molecule has 0 aliphatic heterocycles. The third-order valence-electron chi connectivity index (χ3n) is 5.47. The Hall–Kier alpha value is -2.24. The van der Waals surface area contributed by atoms with Crippen LogP contribution in [-0.4, -0.2) is 35.4 Å². The second-order valence-electron chi connectivity index (χ2n) is 8.38. The molecule has 0 heterocycles. The molecule has 0 bridgehead atoms. The van der Waals surface area contributed by atoms with Crippen LogP contribution in [0.5, 0.6) is 11.5 Å². The van der Waals surface area contributed by atoms with E-state index in [4.69, 9.17) is 19.7 Å². The van der Waals surface area contributed by atoms with E-state index < -0.39 is 11.9 Å². The van der Waals surface area contributed by atoms with Crippen molar-refractivity contribution in [2.75, 3.05) is 13.2 Å². The molecule has 0 saturated heterocycles. The summed E-state index contributed by atoms with van der Waals surface area (Å²) in [5, 5.41) is 17.3. The largest absolute Gasteiger partial charge is 0.490 e. The molecule has 32 heavy (non-hydrogen) atoms. The summed E-state index contributed by atoms with van der Waals surface area (Å²) in [4.78, 5) is 21.0. The van der Waals surface area contributed by atoms with Crippen LogP contribution >= 0.6 is 0 Å². The van der Waals surface area contributed by atoms with Crippen LogP contribution in [0.4, 0.5) is 0 Å². The first-order valence-corrected chi connectivity index (χ1v) is 12.4. The van der Waals surface area contributed by atoms with Gasteiger partial charge in [0.2, 0.25) is 0 Å². The van der Waals surface area contributed by atoms with Gasteiger partial charge in [-0.3, -0.25) is 9.59 Å². The van der Waals surface area contributed by atoms with Gasteiger partial charge in [-0.1, -0.05) is 89.2 Å². The lowest BCUT2D eigenvalue weighted by Gasteiger charge is -2.12. The first-order chi connectivity index (χ1) is 15.6. The van der Waals surface area contributed by atoms with Crippen molar-refractivity contribution in [1.29, 1.82) is 0 Å². The molecule has 1 aromatic rings. The molecule has 0 atom stereocenters. The number of aliphatic carboxylic acids is 2. The van der Waals surface area contributed by atoms with Gasteiger partial charge in [0, 0.05) is 6.42 Å². The van der Waals surface area contributed by atoms with Crippen molar-refractivity contribution in [2.24, 2.45) is 0 Å². The summed E-state index contributed by atoms with van der Waals surface area (Å²) in [7, 11) is 0. The number of rotatable bonds is 22. The minimum Gasteiger partial charge on any atom is -0.490 e. The molecular formula is C26H42O6. The summed E-state index contributed by atoms with van der Waals surface area (Å²) in [6, 6.07) is 7.41. The molecule has 6 heteroatoms. The maximum absolute atomic E-state index is 10.6. The lowest BCUT2D eigenvalue weighted by Crippen LogP contribution is -2.06. The predicted molar refractivity (Wildman–Crippen MR) is 127 cm³/mol. The van der Waals surface area contributed by atoms with Crippen molar-refractivity contribution in [3.05, 3.63) is 24.3 Å². The average molecular weight is 451 g/mol. The van der Waals surface area contributed by atoms with E-state index in [9.17, 15) is 9.59 Å². The lowest BCUT2D eigenvalue weighted by molar-refractivity contribution is -0.138. The van der Waals surface area contributed by atoms with Crippen LogP contribution in [0, 0.1) is 0 Å². The lowest BCUT2D eigenvalue weighted by atomic mass is 10.0. The Kier molecular flexibility index (Phi) is 16.9. The highest BCUT2D eigenvalue weighted by Crippen LogP contribution is 2.26. The Morgan fingerprint density at radius 3 is 1.34 bits per heavy atom. The van der Waals surface area contributed by atoms with Crippen molar-refractivity contribution in [3.63, 3.8) is 0 Å². The number of hydrogen-bond donors (Lipinski definition) is 2. The molecular weight excluding hydrogens is 408 g/mol. The molecule has 0 saturated carbocycles. The van der Waals surface area contributed by atoms with Crippen LogP contribution in [0.25, 0.3) is 0 Å². The SMILES string of the molecule is O=C(O)CCCCCCCCCCCCCCCCOc1ccccc1OCCC(=O)O. The molecule has 0 aliphatic carbocycles. The van der Waals surface area contributed by atoms with E-state index in [0.717, 1.165) is 25.7 Å². The van der Waals surface area contributed by atoms with Gasteiger partial charge in [-0.2, -0.15) is 0 Å². The summed E-state index contributed by atoms with van der Waals surface area (Å²) in [5.74, 6) is -0.267. The Morgan fingerprint density at radius 2 is 0.906 bits per heavy atom. The summed E-state index contributed by atoms with van der Waals surface area (Å²) in [6.45, 7) is 0.792. The maximum atomic E-state index is 10.6. The highest BCUT2D eigenvalue weighted by atomic mass is 16.5. The Labute approximate surface area is 193 Å². The number of unbranched alkanes of at least 4 members (excludes halogenated alkanes) is 13. The number of carboxylic acids is 2. The topological polar surface area (TPSA) is 93.1 Å². The molecule has 0 fully saturated rings. The molecule has 0 radical (unpaired) electrons. The molecule has 0 spiro atoms. The molecule has 0 aliphatic rings. The van der Waals surface area contributed by atoms with Gasteiger partial charge in [0.1, 0.15) is 0 Å². The molecule has 0 aromatic heterocycles. The first kappa shape index (κ1) is 27.8. The van der Waals surface area contributed by atoms with Crippen molar-refractivity contribution >= 4 is 11.9 Å². The predicted octanol–water partition coefficient (Wildman–Crippen LogP) is 6.86. The van der Waals surface area contributed by atoms with E-state index in [1.165, 1.54) is 64.2 Å². The van der Waals surface area contributed by atoms with Gasteiger partial charge in [-0.15, -0.1) is 0 Å². The Balaban J connectivity index is 1.89. The zero-order valence-corrected chi connectivity index (χ0v) is 19.6. The van der Waals surface area contributed by atoms with Crippen LogP contribution in [-0.2, 0) is 9.59 Å². The monoisotopic (exact) mass is 450 g/mol. The number of benzene rings is 1.